The molecule has 0 spiro atoms. The van der Waals surface area contributed by atoms with Gasteiger partial charge in [0.1, 0.15) is 11.6 Å². The first-order valence-corrected chi connectivity index (χ1v) is 12.9. The van der Waals surface area contributed by atoms with Gasteiger partial charge in [0.05, 0.1) is 29.7 Å². The van der Waals surface area contributed by atoms with E-state index < -0.39 is 33.6 Å². The summed E-state index contributed by atoms with van der Waals surface area (Å²) in [6.07, 6.45) is 2.60. The number of ether oxygens (including phenoxy) is 1. The summed E-state index contributed by atoms with van der Waals surface area (Å²) >= 11 is 0. The number of sulfonamides is 1. The first kappa shape index (κ1) is 24.6. The Bertz CT molecular complexity index is 1150. The third kappa shape index (κ3) is 5.24. The summed E-state index contributed by atoms with van der Waals surface area (Å²) in [4.78, 5) is 15.4. The maximum Gasteiger partial charge on any atom is 0.253 e. The lowest BCUT2D eigenvalue weighted by Gasteiger charge is -2.31. The molecule has 0 aromatic heterocycles. The van der Waals surface area contributed by atoms with Crippen LogP contribution in [0, 0.1) is 11.6 Å². The molecule has 1 atom stereocenters. The summed E-state index contributed by atoms with van der Waals surface area (Å²) in [7, 11) is -3.75. The number of nitrogens with zero attached hydrogens (tertiary/aromatic N) is 2. The molecule has 0 saturated carbocycles. The van der Waals surface area contributed by atoms with Crippen molar-refractivity contribution < 1.29 is 26.7 Å². The molecule has 2 saturated heterocycles. The minimum atomic E-state index is -3.75. The van der Waals surface area contributed by atoms with E-state index in [1.165, 1.54) is 22.5 Å². The Kier molecular flexibility index (Phi) is 7.49. The number of nitrogens with one attached hydrogen (secondary N) is 1. The fraction of sp³-hybridized carbons (Fsp3) is 0.458. The second kappa shape index (κ2) is 10.4. The zero-order chi connectivity index (χ0) is 24.3. The lowest BCUT2D eigenvalue weighted by Crippen LogP contribution is -2.39. The maximum atomic E-state index is 14.3. The molecule has 1 N–H and O–H groups in total. The molecule has 34 heavy (non-hydrogen) atoms. The largest absolute Gasteiger partial charge is 0.378 e. The van der Waals surface area contributed by atoms with Gasteiger partial charge in [0.2, 0.25) is 10.0 Å². The molecule has 2 aliphatic heterocycles. The number of rotatable bonds is 6. The Balaban J connectivity index is 1.67. The molecule has 0 bridgehead atoms. The number of amides is 1. The molecule has 2 aromatic rings. The van der Waals surface area contributed by atoms with Gasteiger partial charge in [0.15, 0.2) is 0 Å². The van der Waals surface area contributed by atoms with E-state index in [1.807, 2.05) is 4.90 Å². The van der Waals surface area contributed by atoms with Crippen molar-refractivity contribution in [2.75, 3.05) is 44.3 Å². The summed E-state index contributed by atoms with van der Waals surface area (Å²) < 4.78 is 60.9. The van der Waals surface area contributed by atoms with E-state index in [9.17, 15) is 22.0 Å². The van der Waals surface area contributed by atoms with E-state index in [0.29, 0.717) is 45.1 Å². The Morgan fingerprint density at radius 1 is 1.00 bits per heavy atom. The molecule has 2 aliphatic rings. The van der Waals surface area contributed by atoms with Gasteiger partial charge in [-0.3, -0.25) is 4.79 Å². The van der Waals surface area contributed by atoms with Crippen LogP contribution in [0.4, 0.5) is 14.5 Å². The predicted octanol–water partition coefficient (Wildman–Crippen LogP) is 3.47. The van der Waals surface area contributed by atoms with Crippen LogP contribution in [0.5, 0.6) is 0 Å². The van der Waals surface area contributed by atoms with Crippen molar-refractivity contribution >= 4 is 21.6 Å². The van der Waals surface area contributed by atoms with Crippen LogP contribution < -0.4 is 10.2 Å². The predicted molar refractivity (Wildman–Crippen MR) is 124 cm³/mol. The number of hydrogen-bond acceptors (Lipinski definition) is 5. The van der Waals surface area contributed by atoms with Gasteiger partial charge in [-0.2, -0.15) is 4.31 Å². The Morgan fingerprint density at radius 3 is 2.38 bits per heavy atom. The normalized spacial score (nSPS) is 18.5. The molecule has 2 fully saturated rings. The minimum Gasteiger partial charge on any atom is -0.378 e. The van der Waals surface area contributed by atoms with Gasteiger partial charge in [-0.25, -0.2) is 17.2 Å². The summed E-state index contributed by atoms with van der Waals surface area (Å²) in [5, 5.41) is 2.74. The Hall–Kier alpha value is -2.56. The highest BCUT2D eigenvalue weighted by molar-refractivity contribution is 7.89. The quantitative estimate of drug-likeness (QED) is 0.667. The average molecular weight is 494 g/mol. The lowest BCUT2D eigenvalue weighted by molar-refractivity contribution is 0.0937. The Morgan fingerprint density at radius 2 is 1.71 bits per heavy atom. The van der Waals surface area contributed by atoms with E-state index in [0.717, 1.165) is 31.4 Å². The summed E-state index contributed by atoms with van der Waals surface area (Å²) in [5.74, 6) is -2.00. The van der Waals surface area contributed by atoms with Crippen molar-refractivity contribution in [3.8, 4) is 0 Å². The Labute approximate surface area is 198 Å². The van der Waals surface area contributed by atoms with Crippen molar-refractivity contribution in [2.45, 2.75) is 37.1 Å². The third-order valence-corrected chi connectivity index (χ3v) is 8.19. The maximum absolute atomic E-state index is 14.3. The molecule has 7 nitrogen and oxygen atoms in total. The first-order chi connectivity index (χ1) is 16.3. The highest BCUT2D eigenvalue weighted by atomic mass is 32.2. The van der Waals surface area contributed by atoms with Gasteiger partial charge in [0, 0.05) is 43.5 Å². The van der Waals surface area contributed by atoms with Crippen LogP contribution in [0.15, 0.2) is 41.3 Å². The average Bonchev–Trinajstić information content (AvgIpc) is 2.84. The number of halogens is 2. The zero-order valence-electron chi connectivity index (χ0n) is 19.1. The SMILES string of the molecule is CC(NC(=O)c1cc(S(=O)(=O)N2CCCCC2)ccc1N1CCOCC1)c1ccc(F)cc1F. The molecular weight excluding hydrogens is 464 g/mol. The van der Waals surface area contributed by atoms with Gasteiger partial charge in [-0.15, -0.1) is 0 Å². The second-order valence-electron chi connectivity index (χ2n) is 8.60. The van der Waals surface area contributed by atoms with Crippen molar-refractivity contribution in [1.29, 1.82) is 0 Å². The molecule has 0 radical (unpaired) electrons. The smallest absolute Gasteiger partial charge is 0.253 e. The van der Waals surface area contributed by atoms with Gasteiger partial charge in [-0.1, -0.05) is 12.5 Å². The topological polar surface area (TPSA) is 79.0 Å². The molecule has 2 heterocycles. The van der Waals surface area contributed by atoms with E-state index in [2.05, 4.69) is 5.32 Å². The molecule has 0 aliphatic carbocycles. The molecular formula is C24H29F2N3O4S. The van der Waals surface area contributed by atoms with E-state index in [1.54, 1.807) is 13.0 Å². The standard InChI is InChI=1S/C24H29F2N3O4S/c1-17(20-7-5-18(25)15-22(20)26)27-24(30)21-16-19(34(31,32)29-9-3-2-4-10-29)6-8-23(21)28-11-13-33-14-12-28/h5-8,15-17H,2-4,9-14H2,1H3,(H,27,30). The molecule has 2 aromatic carbocycles. The van der Waals surface area contributed by atoms with Crippen LogP contribution in [0.25, 0.3) is 0 Å². The van der Waals surface area contributed by atoms with E-state index in [-0.39, 0.29) is 16.0 Å². The summed E-state index contributed by atoms with van der Waals surface area (Å²) in [6, 6.07) is 7.02. The van der Waals surface area contributed by atoms with Crippen LogP contribution >= 0.6 is 0 Å². The first-order valence-electron chi connectivity index (χ1n) is 11.5. The van der Waals surface area contributed by atoms with E-state index >= 15 is 0 Å². The fourth-order valence-electron chi connectivity index (χ4n) is 4.40. The number of hydrogen-bond donors (Lipinski definition) is 1. The highest BCUT2D eigenvalue weighted by Gasteiger charge is 2.29. The van der Waals surface area contributed by atoms with Crippen molar-refractivity contribution in [1.82, 2.24) is 9.62 Å². The van der Waals surface area contributed by atoms with Crippen LogP contribution in [-0.2, 0) is 14.8 Å². The second-order valence-corrected chi connectivity index (χ2v) is 10.5. The molecule has 1 amide bonds. The third-order valence-electron chi connectivity index (χ3n) is 6.29. The number of carbonyl (C=O) groups excluding carboxylic acids is 1. The number of morpholine rings is 1. The van der Waals surface area contributed by atoms with Crippen molar-refractivity contribution in [2.24, 2.45) is 0 Å². The van der Waals surface area contributed by atoms with Crippen LogP contribution in [-0.4, -0.2) is 58.0 Å². The van der Waals surface area contributed by atoms with Gasteiger partial charge >= 0.3 is 0 Å². The lowest BCUT2D eigenvalue weighted by atomic mass is 10.1. The summed E-state index contributed by atoms with van der Waals surface area (Å²) in [5.41, 5.74) is 0.916. The molecule has 4 rings (SSSR count). The number of piperidine rings is 1. The number of benzene rings is 2. The minimum absolute atomic E-state index is 0.0529. The van der Waals surface area contributed by atoms with Crippen molar-refractivity contribution in [3.05, 3.63) is 59.2 Å². The van der Waals surface area contributed by atoms with Gasteiger partial charge in [-0.05, 0) is 44.0 Å². The van der Waals surface area contributed by atoms with Crippen LogP contribution in [0.3, 0.4) is 0 Å². The van der Waals surface area contributed by atoms with E-state index in [4.69, 9.17) is 4.74 Å². The number of carbonyl (C=O) groups is 1. The zero-order valence-corrected chi connectivity index (χ0v) is 19.9. The number of anilines is 1. The molecule has 10 heteroatoms. The van der Waals surface area contributed by atoms with Crippen LogP contribution in [0.1, 0.15) is 48.1 Å². The van der Waals surface area contributed by atoms with Crippen molar-refractivity contribution in [3.63, 3.8) is 0 Å². The van der Waals surface area contributed by atoms with Crippen LogP contribution in [0.2, 0.25) is 0 Å². The molecule has 184 valence electrons. The monoisotopic (exact) mass is 493 g/mol. The van der Waals surface area contributed by atoms with Gasteiger partial charge in [0.25, 0.3) is 5.91 Å². The highest BCUT2D eigenvalue weighted by Crippen LogP contribution is 2.29. The fourth-order valence-corrected chi connectivity index (χ4v) is 5.94. The molecule has 1 unspecified atom stereocenters. The summed E-state index contributed by atoms with van der Waals surface area (Å²) in [6.45, 7) is 4.60. The van der Waals surface area contributed by atoms with Gasteiger partial charge < -0.3 is 15.0 Å².